The minimum absolute atomic E-state index is 0.0906. The summed E-state index contributed by atoms with van der Waals surface area (Å²) in [6.45, 7) is 2.64. The van der Waals surface area contributed by atoms with Gasteiger partial charge < -0.3 is 4.74 Å². The molecular weight excluding hydrogens is 388 g/mol. The van der Waals surface area contributed by atoms with Gasteiger partial charge in [-0.15, -0.1) is 0 Å². The second kappa shape index (κ2) is 15.4. The molecule has 0 radical (unpaired) electrons. The molecule has 0 spiro atoms. The molecule has 1 rings (SSSR count). The van der Waals surface area contributed by atoms with Crippen LogP contribution in [0.15, 0.2) is 23.1 Å². The van der Waals surface area contributed by atoms with Crippen LogP contribution in [-0.4, -0.2) is 25.9 Å². The molecular formula is C23H38O5S. The Morgan fingerprint density at radius 2 is 1.31 bits per heavy atom. The normalized spacial score (nSPS) is 11.5. The van der Waals surface area contributed by atoms with E-state index in [1.165, 1.54) is 82.8 Å². The third kappa shape index (κ3) is 12.0. The Labute approximate surface area is 177 Å². The third-order valence-corrected chi connectivity index (χ3v) is 6.01. The minimum Gasteiger partial charge on any atom is -0.492 e. The van der Waals surface area contributed by atoms with E-state index in [1.54, 1.807) is 0 Å². The summed E-state index contributed by atoms with van der Waals surface area (Å²) in [5, 5.41) is 0. The van der Waals surface area contributed by atoms with Crippen molar-refractivity contribution in [3.8, 4) is 5.75 Å². The van der Waals surface area contributed by atoms with Gasteiger partial charge in [-0.25, -0.2) is 0 Å². The Morgan fingerprint density at radius 3 is 1.76 bits per heavy atom. The van der Waals surface area contributed by atoms with E-state index in [9.17, 15) is 17.8 Å². The van der Waals surface area contributed by atoms with Gasteiger partial charge in [-0.05, 0) is 24.6 Å². The fourth-order valence-electron chi connectivity index (χ4n) is 3.40. The van der Waals surface area contributed by atoms with E-state index in [2.05, 4.69) is 6.92 Å². The van der Waals surface area contributed by atoms with Crippen molar-refractivity contribution in [2.45, 2.75) is 102 Å². The molecule has 0 saturated heterocycles. The van der Waals surface area contributed by atoms with Gasteiger partial charge in [0.25, 0.3) is 10.1 Å². The number of ether oxygens (including phenoxy) is 1. The van der Waals surface area contributed by atoms with Gasteiger partial charge in [0.1, 0.15) is 16.9 Å². The van der Waals surface area contributed by atoms with Gasteiger partial charge in [0.05, 0.1) is 6.61 Å². The Hall–Kier alpha value is -1.40. The molecule has 1 aromatic carbocycles. The number of unbranched alkanes of at least 4 members (excludes halogenated alkanes) is 13. The lowest BCUT2D eigenvalue weighted by Crippen LogP contribution is -2.05. The van der Waals surface area contributed by atoms with E-state index in [-0.39, 0.29) is 16.2 Å². The lowest BCUT2D eigenvalue weighted by molar-refractivity contribution is 0.112. The third-order valence-electron chi connectivity index (χ3n) is 5.14. The first-order chi connectivity index (χ1) is 14.0. The van der Waals surface area contributed by atoms with Crippen LogP contribution in [0.25, 0.3) is 0 Å². The summed E-state index contributed by atoms with van der Waals surface area (Å²) >= 11 is 0. The SMILES string of the molecule is CCCCCCCCCCCCCCCCOc1ccc(C=O)cc1S(=O)(=O)O. The van der Waals surface area contributed by atoms with Crippen molar-refractivity contribution in [3.05, 3.63) is 23.8 Å². The van der Waals surface area contributed by atoms with Crippen LogP contribution in [0.3, 0.4) is 0 Å². The molecule has 166 valence electrons. The molecule has 0 aliphatic carbocycles. The van der Waals surface area contributed by atoms with E-state index in [0.717, 1.165) is 25.3 Å². The smallest absolute Gasteiger partial charge is 0.298 e. The second-order valence-corrected chi connectivity index (χ2v) is 9.13. The predicted molar refractivity (Wildman–Crippen MR) is 117 cm³/mol. The molecule has 6 heteroatoms. The van der Waals surface area contributed by atoms with Crippen molar-refractivity contribution in [2.24, 2.45) is 0 Å². The average molecular weight is 427 g/mol. The van der Waals surface area contributed by atoms with E-state index in [0.29, 0.717) is 12.9 Å². The number of rotatable bonds is 18. The van der Waals surface area contributed by atoms with E-state index >= 15 is 0 Å². The van der Waals surface area contributed by atoms with Gasteiger partial charge in [0.15, 0.2) is 0 Å². The Bertz CT molecular complexity index is 670. The Balaban J connectivity index is 2.06. The first-order valence-corrected chi connectivity index (χ1v) is 12.6. The van der Waals surface area contributed by atoms with Gasteiger partial charge in [-0.2, -0.15) is 8.42 Å². The standard InChI is InChI=1S/C23H38O5S/c1-2-3-4-5-6-7-8-9-10-11-12-13-14-15-18-28-22-17-16-21(20-24)19-23(22)29(25,26)27/h16-17,19-20H,2-15,18H2,1H3,(H,25,26,27). The van der Waals surface area contributed by atoms with Crippen molar-refractivity contribution >= 4 is 16.4 Å². The number of aldehydes is 1. The van der Waals surface area contributed by atoms with Crippen LogP contribution in [0.1, 0.15) is 107 Å². The molecule has 29 heavy (non-hydrogen) atoms. The van der Waals surface area contributed by atoms with Crippen LogP contribution in [-0.2, 0) is 10.1 Å². The molecule has 5 nitrogen and oxygen atoms in total. The zero-order chi connectivity index (χ0) is 21.4. The molecule has 1 N–H and O–H groups in total. The highest BCUT2D eigenvalue weighted by Crippen LogP contribution is 2.25. The number of hydrogen-bond acceptors (Lipinski definition) is 4. The van der Waals surface area contributed by atoms with Gasteiger partial charge >= 0.3 is 0 Å². The van der Waals surface area contributed by atoms with Crippen molar-refractivity contribution in [2.75, 3.05) is 6.61 Å². The fraction of sp³-hybridized carbons (Fsp3) is 0.696. The van der Waals surface area contributed by atoms with Crippen molar-refractivity contribution in [1.29, 1.82) is 0 Å². The second-order valence-electron chi connectivity index (χ2n) is 7.74. The fourth-order valence-corrected chi connectivity index (χ4v) is 4.06. The molecule has 0 aromatic heterocycles. The monoisotopic (exact) mass is 426 g/mol. The molecule has 1 aromatic rings. The highest BCUT2D eigenvalue weighted by molar-refractivity contribution is 7.86. The summed E-state index contributed by atoms with van der Waals surface area (Å²) < 4.78 is 37.7. The number of carbonyl (C=O) groups is 1. The van der Waals surface area contributed by atoms with Crippen LogP contribution in [0.5, 0.6) is 5.75 Å². The van der Waals surface area contributed by atoms with Gasteiger partial charge in [0, 0.05) is 5.56 Å². The molecule has 0 aliphatic heterocycles. The van der Waals surface area contributed by atoms with Crippen LogP contribution in [0.4, 0.5) is 0 Å². The molecule has 0 unspecified atom stereocenters. The maximum absolute atomic E-state index is 11.4. The Kier molecular flexibility index (Phi) is 13.7. The van der Waals surface area contributed by atoms with Crippen molar-refractivity contribution < 1.29 is 22.5 Å². The molecule has 0 heterocycles. The molecule has 0 bridgehead atoms. The van der Waals surface area contributed by atoms with Gasteiger partial charge in [-0.1, -0.05) is 90.4 Å². The molecule has 0 atom stereocenters. The summed E-state index contributed by atoms with van der Waals surface area (Å²) in [7, 11) is -4.42. The van der Waals surface area contributed by atoms with Crippen LogP contribution in [0, 0.1) is 0 Å². The molecule has 0 saturated carbocycles. The topological polar surface area (TPSA) is 80.7 Å². The minimum atomic E-state index is -4.42. The first kappa shape index (κ1) is 25.6. The Morgan fingerprint density at radius 1 is 0.828 bits per heavy atom. The van der Waals surface area contributed by atoms with Crippen LogP contribution < -0.4 is 4.74 Å². The zero-order valence-electron chi connectivity index (χ0n) is 17.9. The van der Waals surface area contributed by atoms with Crippen LogP contribution in [0.2, 0.25) is 0 Å². The average Bonchev–Trinajstić information content (AvgIpc) is 2.70. The molecule has 0 amide bonds. The van der Waals surface area contributed by atoms with E-state index < -0.39 is 10.1 Å². The maximum Gasteiger partial charge on any atom is 0.298 e. The van der Waals surface area contributed by atoms with Crippen molar-refractivity contribution in [1.82, 2.24) is 0 Å². The largest absolute Gasteiger partial charge is 0.492 e. The molecule has 0 fully saturated rings. The summed E-state index contributed by atoms with van der Waals surface area (Å²) in [4.78, 5) is 10.4. The van der Waals surface area contributed by atoms with Crippen LogP contribution >= 0.6 is 0 Å². The quantitative estimate of drug-likeness (QED) is 0.162. The first-order valence-electron chi connectivity index (χ1n) is 11.2. The summed E-state index contributed by atoms with van der Waals surface area (Å²) in [6, 6.07) is 4.02. The van der Waals surface area contributed by atoms with E-state index in [1.807, 2.05) is 0 Å². The lowest BCUT2D eigenvalue weighted by atomic mass is 10.0. The van der Waals surface area contributed by atoms with Gasteiger partial charge in [0.2, 0.25) is 0 Å². The van der Waals surface area contributed by atoms with Crippen molar-refractivity contribution in [3.63, 3.8) is 0 Å². The number of hydrogen-bond donors (Lipinski definition) is 1. The number of benzene rings is 1. The maximum atomic E-state index is 11.4. The lowest BCUT2D eigenvalue weighted by Gasteiger charge is -2.10. The predicted octanol–water partition coefficient (Wildman–Crippen LogP) is 6.61. The van der Waals surface area contributed by atoms with Gasteiger partial charge in [-0.3, -0.25) is 9.35 Å². The summed E-state index contributed by atoms with van der Waals surface area (Å²) in [5.74, 6) is 0.0906. The number of carbonyl (C=O) groups excluding carboxylic acids is 1. The summed E-state index contributed by atoms with van der Waals surface area (Å²) in [6.07, 6.45) is 18.3. The van der Waals surface area contributed by atoms with E-state index in [4.69, 9.17) is 4.74 Å². The summed E-state index contributed by atoms with van der Waals surface area (Å²) in [5.41, 5.74) is 0.182. The highest BCUT2D eigenvalue weighted by atomic mass is 32.2. The zero-order valence-corrected chi connectivity index (χ0v) is 18.7. The highest BCUT2D eigenvalue weighted by Gasteiger charge is 2.17. The molecule has 0 aliphatic rings.